The van der Waals surface area contributed by atoms with E-state index in [2.05, 4.69) is 20.6 Å². The fourth-order valence-electron chi connectivity index (χ4n) is 2.79. The Hall–Kier alpha value is -2.80. The lowest BCUT2D eigenvalue weighted by Gasteiger charge is -2.15. The number of methoxy groups -OCH3 is 2. The molecule has 0 saturated heterocycles. The summed E-state index contributed by atoms with van der Waals surface area (Å²) in [6.07, 6.45) is 2.67. The van der Waals surface area contributed by atoms with Crippen molar-refractivity contribution < 1.29 is 14.2 Å². The molecular weight excluding hydrogens is 356 g/mol. The number of hydrogen-bond donors (Lipinski definition) is 2. The first-order valence-corrected chi connectivity index (χ1v) is 9.27. The van der Waals surface area contributed by atoms with Gasteiger partial charge in [0.2, 0.25) is 0 Å². The molecular formula is C21H30N4O3. The molecule has 1 aromatic carbocycles. The van der Waals surface area contributed by atoms with Crippen molar-refractivity contribution in [2.45, 2.75) is 26.8 Å². The molecule has 0 aliphatic carbocycles. The number of benzene rings is 1. The van der Waals surface area contributed by atoms with Gasteiger partial charge >= 0.3 is 0 Å². The van der Waals surface area contributed by atoms with E-state index in [4.69, 9.17) is 14.2 Å². The molecule has 0 bridgehead atoms. The zero-order valence-electron chi connectivity index (χ0n) is 17.3. The van der Waals surface area contributed by atoms with Gasteiger partial charge in [-0.1, -0.05) is 6.07 Å². The van der Waals surface area contributed by atoms with Crippen molar-refractivity contribution in [2.24, 2.45) is 4.99 Å². The maximum absolute atomic E-state index is 5.74. The lowest BCUT2D eigenvalue weighted by atomic mass is 10.1. The topological polar surface area (TPSA) is 77.0 Å². The minimum absolute atomic E-state index is 0.537. The molecule has 0 atom stereocenters. The first kappa shape index (κ1) is 21.5. The van der Waals surface area contributed by atoms with Crippen molar-refractivity contribution in [2.75, 3.05) is 39.8 Å². The fraction of sp³-hybridized carbons (Fsp3) is 0.429. The number of pyridine rings is 1. The summed E-state index contributed by atoms with van der Waals surface area (Å²) in [5.41, 5.74) is 3.86. The van der Waals surface area contributed by atoms with Crippen LogP contribution >= 0.6 is 0 Å². The van der Waals surface area contributed by atoms with Gasteiger partial charge in [0.1, 0.15) is 11.5 Å². The average molecular weight is 386 g/mol. The van der Waals surface area contributed by atoms with Crippen LogP contribution in [-0.2, 0) is 11.3 Å². The van der Waals surface area contributed by atoms with Crippen molar-refractivity contribution in [3.63, 3.8) is 0 Å². The van der Waals surface area contributed by atoms with E-state index in [0.717, 1.165) is 40.4 Å². The zero-order chi connectivity index (χ0) is 20.4. The summed E-state index contributed by atoms with van der Waals surface area (Å²) in [5, 5.41) is 6.56. The van der Waals surface area contributed by atoms with E-state index in [-0.39, 0.29) is 0 Å². The molecule has 7 nitrogen and oxygen atoms in total. The zero-order valence-corrected chi connectivity index (χ0v) is 17.3. The Kier molecular flexibility index (Phi) is 8.55. The van der Waals surface area contributed by atoms with Crippen molar-refractivity contribution >= 4 is 11.6 Å². The van der Waals surface area contributed by atoms with E-state index in [1.807, 2.05) is 44.3 Å². The molecule has 2 rings (SSSR count). The van der Waals surface area contributed by atoms with Crippen LogP contribution in [0.4, 0.5) is 5.69 Å². The molecule has 1 aromatic heterocycles. The van der Waals surface area contributed by atoms with Crippen molar-refractivity contribution in [1.82, 2.24) is 10.3 Å². The molecule has 7 heteroatoms. The Labute approximate surface area is 167 Å². The molecule has 152 valence electrons. The maximum atomic E-state index is 5.74. The summed E-state index contributed by atoms with van der Waals surface area (Å²) < 4.78 is 16.2. The van der Waals surface area contributed by atoms with Crippen molar-refractivity contribution in [3.8, 4) is 11.5 Å². The summed E-state index contributed by atoms with van der Waals surface area (Å²) in [7, 11) is 5.10. The van der Waals surface area contributed by atoms with Crippen LogP contribution in [0.15, 0.2) is 35.5 Å². The number of guanidine groups is 1. The second kappa shape index (κ2) is 11.1. The Morgan fingerprint density at radius 1 is 1.18 bits per heavy atom. The number of hydrogen-bond acceptors (Lipinski definition) is 5. The number of ether oxygens (including phenoxy) is 3. The normalized spacial score (nSPS) is 11.2. The van der Waals surface area contributed by atoms with Crippen molar-refractivity contribution in [1.29, 1.82) is 0 Å². The average Bonchev–Trinajstić information content (AvgIpc) is 2.70. The molecule has 0 aliphatic rings. The summed E-state index contributed by atoms with van der Waals surface area (Å²) in [5.74, 6) is 2.32. The first-order chi connectivity index (χ1) is 13.6. The molecule has 0 spiro atoms. The lowest BCUT2D eigenvalue weighted by molar-refractivity contribution is 0.172. The Morgan fingerprint density at radius 3 is 2.71 bits per heavy atom. The number of anilines is 1. The number of aliphatic imine (C=N–C) groups is 1. The van der Waals surface area contributed by atoms with Gasteiger partial charge in [-0.15, -0.1) is 0 Å². The summed E-state index contributed by atoms with van der Waals surface area (Å²) in [6, 6.07) is 7.78. The predicted molar refractivity (Wildman–Crippen MR) is 113 cm³/mol. The van der Waals surface area contributed by atoms with Crippen LogP contribution in [0.1, 0.15) is 23.2 Å². The Morgan fingerprint density at radius 2 is 2.00 bits per heavy atom. The molecule has 2 N–H and O–H groups in total. The van der Waals surface area contributed by atoms with Gasteiger partial charge in [0, 0.05) is 56.3 Å². The lowest BCUT2D eigenvalue weighted by Crippen LogP contribution is -2.30. The minimum Gasteiger partial charge on any atom is -0.496 e. The molecule has 0 saturated carbocycles. The number of nitrogens with one attached hydrogen (secondary N) is 2. The van der Waals surface area contributed by atoms with Crippen LogP contribution in [-0.4, -0.2) is 45.4 Å². The highest BCUT2D eigenvalue weighted by Gasteiger charge is 2.10. The Bertz CT molecular complexity index is 793. The minimum atomic E-state index is 0.537. The van der Waals surface area contributed by atoms with E-state index in [0.29, 0.717) is 25.7 Å². The van der Waals surface area contributed by atoms with Gasteiger partial charge in [-0.3, -0.25) is 9.98 Å². The summed E-state index contributed by atoms with van der Waals surface area (Å²) in [4.78, 5) is 8.79. The van der Waals surface area contributed by atoms with Gasteiger partial charge in [0.15, 0.2) is 5.96 Å². The number of rotatable bonds is 9. The van der Waals surface area contributed by atoms with Gasteiger partial charge in [-0.05, 0) is 26.0 Å². The largest absolute Gasteiger partial charge is 0.496 e. The number of nitrogens with zero attached hydrogens (tertiary/aromatic N) is 2. The van der Waals surface area contributed by atoms with E-state index in [1.165, 1.54) is 0 Å². The molecule has 28 heavy (non-hydrogen) atoms. The molecule has 0 unspecified atom stereocenters. The molecule has 0 aliphatic heterocycles. The molecule has 0 amide bonds. The highest BCUT2D eigenvalue weighted by molar-refractivity contribution is 5.93. The SMILES string of the molecule is CN=C(NCc1ncc(C)c(OC)c1C)Nc1cccc(OCCCOC)c1. The molecule has 1 heterocycles. The molecule has 0 fully saturated rings. The van der Waals surface area contributed by atoms with Crippen molar-refractivity contribution in [3.05, 3.63) is 47.3 Å². The van der Waals surface area contributed by atoms with Gasteiger partial charge in [0.05, 0.1) is 26.0 Å². The second-order valence-electron chi connectivity index (χ2n) is 6.32. The highest BCUT2D eigenvalue weighted by atomic mass is 16.5. The third-order valence-electron chi connectivity index (χ3n) is 4.25. The van der Waals surface area contributed by atoms with Gasteiger partial charge in [-0.2, -0.15) is 0 Å². The molecule has 2 aromatic rings. The summed E-state index contributed by atoms with van der Waals surface area (Å²) in [6.45, 7) is 5.84. The maximum Gasteiger partial charge on any atom is 0.195 e. The van der Waals surface area contributed by atoms with Crippen LogP contribution in [0.5, 0.6) is 11.5 Å². The van der Waals surface area contributed by atoms with Crippen LogP contribution in [0, 0.1) is 13.8 Å². The van der Waals surface area contributed by atoms with Crippen LogP contribution < -0.4 is 20.1 Å². The standard InChI is InChI=1S/C21H30N4O3/c1-15-13-23-19(16(2)20(15)27-5)14-24-21(22-3)25-17-8-6-9-18(12-17)28-11-7-10-26-4/h6,8-9,12-13H,7,10-11,14H2,1-5H3,(H2,22,24,25). The van der Waals surface area contributed by atoms with Gasteiger partial charge in [0.25, 0.3) is 0 Å². The highest BCUT2D eigenvalue weighted by Crippen LogP contribution is 2.24. The Balaban J connectivity index is 1.96. The van der Waals surface area contributed by atoms with Gasteiger partial charge < -0.3 is 24.8 Å². The van der Waals surface area contributed by atoms with E-state index < -0.39 is 0 Å². The van der Waals surface area contributed by atoms with Crippen LogP contribution in [0.3, 0.4) is 0 Å². The quantitative estimate of drug-likeness (QED) is 0.391. The summed E-state index contributed by atoms with van der Waals surface area (Å²) >= 11 is 0. The van der Waals surface area contributed by atoms with E-state index in [1.54, 1.807) is 21.3 Å². The molecule has 0 radical (unpaired) electrons. The van der Waals surface area contributed by atoms with E-state index >= 15 is 0 Å². The third-order valence-corrected chi connectivity index (χ3v) is 4.25. The van der Waals surface area contributed by atoms with Crippen LogP contribution in [0.2, 0.25) is 0 Å². The third kappa shape index (κ3) is 6.13. The monoisotopic (exact) mass is 386 g/mol. The predicted octanol–water partition coefficient (Wildman–Crippen LogP) is 3.31. The van der Waals surface area contributed by atoms with Gasteiger partial charge in [-0.25, -0.2) is 0 Å². The van der Waals surface area contributed by atoms with E-state index in [9.17, 15) is 0 Å². The van der Waals surface area contributed by atoms with Crippen LogP contribution in [0.25, 0.3) is 0 Å². The smallest absolute Gasteiger partial charge is 0.195 e. The second-order valence-corrected chi connectivity index (χ2v) is 6.32. The fourth-order valence-corrected chi connectivity index (χ4v) is 2.79. The number of aryl methyl sites for hydroxylation is 1. The number of aromatic nitrogens is 1. The first-order valence-electron chi connectivity index (χ1n) is 9.27.